The first-order chi connectivity index (χ1) is 34.2. The molecule has 0 saturated heterocycles. The summed E-state index contributed by atoms with van der Waals surface area (Å²) in [6.45, 7) is 13.4. The van der Waals surface area contributed by atoms with E-state index in [1.807, 2.05) is 24.3 Å². The molecule has 0 fully saturated rings. The van der Waals surface area contributed by atoms with E-state index in [4.69, 9.17) is 8.83 Å². The van der Waals surface area contributed by atoms with Crippen LogP contribution in [-0.4, -0.2) is 0 Å². The summed E-state index contributed by atoms with van der Waals surface area (Å²) in [5, 5.41) is 4.54. The summed E-state index contributed by atoms with van der Waals surface area (Å²) in [6.07, 6.45) is 0. The van der Waals surface area contributed by atoms with Crippen molar-refractivity contribution in [1.29, 1.82) is 0 Å². The smallest absolute Gasteiger partial charge is 0.143 e. The van der Waals surface area contributed by atoms with Gasteiger partial charge in [-0.2, -0.15) is 0 Å². The van der Waals surface area contributed by atoms with Crippen LogP contribution in [0.4, 0.5) is 34.1 Å². The van der Waals surface area contributed by atoms with Crippen molar-refractivity contribution in [1.82, 2.24) is 0 Å². The number of nitrogens with zero attached hydrogens (tertiary/aromatic N) is 2. The van der Waals surface area contributed by atoms with Gasteiger partial charge in [0, 0.05) is 66.8 Å². The predicted octanol–water partition coefficient (Wildman–Crippen LogP) is 19.3. The van der Waals surface area contributed by atoms with Gasteiger partial charge in [-0.15, -0.1) is 0 Å². The van der Waals surface area contributed by atoms with Gasteiger partial charge >= 0.3 is 0 Å². The fraction of sp³-hybridized carbons (Fsp3) is 0.0909. The lowest BCUT2D eigenvalue weighted by Crippen LogP contribution is -2.13. The second-order valence-corrected chi connectivity index (χ2v) is 18.8. The van der Waals surface area contributed by atoms with E-state index in [1.165, 1.54) is 44.5 Å². The van der Waals surface area contributed by atoms with Crippen LogP contribution >= 0.6 is 0 Å². The topological polar surface area (TPSA) is 32.8 Å². The lowest BCUT2D eigenvalue weighted by atomic mass is 9.88. The minimum absolute atomic E-state index is 0.906. The average molecular weight is 905 g/mol. The van der Waals surface area contributed by atoms with Gasteiger partial charge in [-0.1, -0.05) is 133 Å². The Morgan fingerprint density at radius 2 is 0.629 bits per heavy atom. The van der Waals surface area contributed by atoms with E-state index in [9.17, 15) is 0 Å². The SMILES string of the molecule is Cc1ccccc1N(c1ccc(-c2cccc3c2oc2ccccc23)cc1)c1cc(C)c(-c2c(C)cc(N(c3ccc(-c4cccc5c4oc4ccccc45)cc3)c3ccccc3C)cc2C)c(C)c1. The normalized spacial score (nSPS) is 11.6. The van der Waals surface area contributed by atoms with Crippen molar-refractivity contribution in [3.05, 3.63) is 240 Å². The van der Waals surface area contributed by atoms with Gasteiger partial charge in [-0.25, -0.2) is 0 Å². The van der Waals surface area contributed by atoms with E-state index < -0.39 is 0 Å². The number of furan rings is 2. The minimum atomic E-state index is 0.906. The highest BCUT2D eigenvalue weighted by molar-refractivity contribution is 6.10. The molecule has 0 aliphatic heterocycles. The lowest BCUT2D eigenvalue weighted by molar-refractivity contribution is 0.669. The molecule has 0 saturated carbocycles. The van der Waals surface area contributed by atoms with Crippen LogP contribution < -0.4 is 9.80 Å². The van der Waals surface area contributed by atoms with E-state index in [2.05, 4.69) is 233 Å². The second-order valence-electron chi connectivity index (χ2n) is 18.8. The Labute approximate surface area is 409 Å². The number of para-hydroxylation sites is 6. The van der Waals surface area contributed by atoms with Gasteiger partial charge in [0.25, 0.3) is 0 Å². The number of anilines is 6. The lowest BCUT2D eigenvalue weighted by Gasteiger charge is -2.30. The molecular weight excluding hydrogens is 853 g/mol. The first-order valence-corrected chi connectivity index (χ1v) is 24.2. The number of benzene rings is 10. The van der Waals surface area contributed by atoms with Crippen molar-refractivity contribution < 1.29 is 8.83 Å². The number of rotatable bonds is 9. The number of fused-ring (bicyclic) bond motifs is 6. The Hall–Kier alpha value is -8.60. The fourth-order valence-corrected chi connectivity index (χ4v) is 10.9. The predicted molar refractivity (Wildman–Crippen MR) is 295 cm³/mol. The van der Waals surface area contributed by atoms with Crippen LogP contribution in [0.3, 0.4) is 0 Å². The summed E-state index contributed by atoms with van der Waals surface area (Å²) in [7, 11) is 0. The van der Waals surface area contributed by atoms with Crippen LogP contribution in [0.2, 0.25) is 0 Å². The molecule has 0 bridgehead atoms. The van der Waals surface area contributed by atoms with Crippen LogP contribution in [0.5, 0.6) is 0 Å². The zero-order valence-electron chi connectivity index (χ0n) is 40.3. The van der Waals surface area contributed by atoms with Crippen molar-refractivity contribution in [2.75, 3.05) is 9.80 Å². The molecule has 0 spiro atoms. The Morgan fingerprint density at radius 1 is 0.286 bits per heavy atom. The minimum Gasteiger partial charge on any atom is -0.455 e. The summed E-state index contributed by atoms with van der Waals surface area (Å²) in [5.74, 6) is 0. The van der Waals surface area contributed by atoms with Crippen LogP contribution in [0.15, 0.2) is 215 Å². The van der Waals surface area contributed by atoms with Crippen LogP contribution in [0, 0.1) is 41.5 Å². The van der Waals surface area contributed by atoms with E-state index >= 15 is 0 Å². The largest absolute Gasteiger partial charge is 0.455 e. The fourth-order valence-electron chi connectivity index (χ4n) is 10.9. The molecule has 338 valence electrons. The molecule has 0 unspecified atom stereocenters. The van der Waals surface area contributed by atoms with Crippen LogP contribution in [-0.2, 0) is 0 Å². The zero-order valence-corrected chi connectivity index (χ0v) is 40.3. The van der Waals surface area contributed by atoms with Gasteiger partial charge < -0.3 is 18.6 Å². The quantitative estimate of drug-likeness (QED) is 0.144. The Morgan fingerprint density at radius 3 is 1.01 bits per heavy atom. The Kier molecular flexibility index (Phi) is 10.5. The molecule has 0 aliphatic carbocycles. The Balaban J connectivity index is 0.909. The average Bonchev–Trinajstić information content (AvgIpc) is 3.95. The van der Waals surface area contributed by atoms with Gasteiger partial charge in [0.05, 0.1) is 0 Å². The first-order valence-electron chi connectivity index (χ1n) is 24.2. The molecule has 0 N–H and O–H groups in total. The van der Waals surface area contributed by atoms with Gasteiger partial charge in [0.15, 0.2) is 0 Å². The van der Waals surface area contributed by atoms with Gasteiger partial charge in [0.2, 0.25) is 0 Å². The van der Waals surface area contributed by atoms with E-state index in [-0.39, 0.29) is 0 Å². The van der Waals surface area contributed by atoms with Gasteiger partial charge in [-0.3, -0.25) is 0 Å². The molecule has 10 aromatic carbocycles. The van der Waals surface area contributed by atoms with Gasteiger partial charge in [0.1, 0.15) is 22.3 Å². The van der Waals surface area contributed by atoms with Crippen molar-refractivity contribution in [3.8, 4) is 33.4 Å². The maximum atomic E-state index is 6.44. The molecule has 2 heterocycles. The molecular formula is C66H52N2O2. The molecule has 0 amide bonds. The molecule has 70 heavy (non-hydrogen) atoms. The zero-order chi connectivity index (χ0) is 47.6. The number of hydrogen-bond donors (Lipinski definition) is 0. The van der Waals surface area contributed by atoms with Crippen LogP contribution in [0.1, 0.15) is 33.4 Å². The number of aryl methyl sites for hydroxylation is 6. The first kappa shape index (κ1) is 42.7. The maximum Gasteiger partial charge on any atom is 0.143 e. The van der Waals surface area contributed by atoms with Crippen molar-refractivity contribution >= 4 is 78.0 Å². The molecule has 12 rings (SSSR count). The van der Waals surface area contributed by atoms with Crippen molar-refractivity contribution in [3.63, 3.8) is 0 Å². The summed E-state index contributed by atoms with van der Waals surface area (Å²) in [6, 6.07) is 74.0. The molecule has 2 aromatic heterocycles. The third-order valence-electron chi connectivity index (χ3n) is 14.2. The molecule has 4 heteroatoms. The molecule has 0 aliphatic rings. The van der Waals surface area contributed by atoms with Crippen molar-refractivity contribution in [2.45, 2.75) is 41.5 Å². The second kappa shape index (κ2) is 17.2. The number of hydrogen-bond acceptors (Lipinski definition) is 4. The summed E-state index contributed by atoms with van der Waals surface area (Å²) >= 11 is 0. The van der Waals surface area contributed by atoms with E-state index in [0.29, 0.717) is 0 Å². The standard InChI is InChI=1S/C66H52N2O2/c1-41-17-7-11-25-59(41)67(49-33-29-47(30-34-49)53-21-15-23-57-55-19-9-13-27-61(55)69-65(53)57)51-37-43(3)63(44(4)38-51)64-45(5)39-52(40-46(64)6)68(60-26-12-8-18-42(60)2)50-35-31-48(32-36-50)54-22-16-24-58-56-20-10-14-28-62(56)70-66(54)58/h7-40H,1-6H3. The molecule has 0 atom stereocenters. The molecule has 0 radical (unpaired) electrons. The highest BCUT2D eigenvalue weighted by Crippen LogP contribution is 2.46. The molecule has 12 aromatic rings. The highest BCUT2D eigenvalue weighted by atomic mass is 16.3. The summed E-state index contributed by atoms with van der Waals surface area (Å²) in [4.78, 5) is 4.80. The summed E-state index contributed by atoms with van der Waals surface area (Å²) < 4.78 is 12.9. The van der Waals surface area contributed by atoms with Crippen molar-refractivity contribution in [2.24, 2.45) is 0 Å². The third-order valence-corrected chi connectivity index (χ3v) is 14.2. The van der Waals surface area contributed by atoms with E-state index in [0.717, 1.165) is 100 Å². The van der Waals surface area contributed by atoms with E-state index in [1.54, 1.807) is 0 Å². The van der Waals surface area contributed by atoms with Crippen LogP contribution in [0.25, 0.3) is 77.3 Å². The summed E-state index contributed by atoms with van der Waals surface area (Å²) in [5.41, 5.74) is 24.6. The molecule has 4 nitrogen and oxygen atoms in total. The van der Waals surface area contributed by atoms with Gasteiger partial charge in [-0.05, 0) is 170 Å². The monoisotopic (exact) mass is 904 g/mol. The highest BCUT2D eigenvalue weighted by Gasteiger charge is 2.23. The Bertz CT molecular complexity index is 3660. The third kappa shape index (κ3) is 7.23. The maximum absolute atomic E-state index is 6.44.